The quantitative estimate of drug-likeness (QED) is 0.509. The molecule has 4 aromatic rings. The molecular formula is C25H26N6O2. The highest BCUT2D eigenvalue weighted by molar-refractivity contribution is 6.05. The summed E-state index contributed by atoms with van der Waals surface area (Å²) >= 11 is 0. The summed E-state index contributed by atoms with van der Waals surface area (Å²) in [6, 6.07) is 10.1. The molecule has 1 aromatic carbocycles. The fourth-order valence-electron chi connectivity index (χ4n) is 5.20. The van der Waals surface area contributed by atoms with Crippen molar-refractivity contribution in [1.29, 1.82) is 0 Å². The van der Waals surface area contributed by atoms with Crippen LogP contribution < -0.4 is 10.2 Å². The monoisotopic (exact) mass is 442 g/mol. The summed E-state index contributed by atoms with van der Waals surface area (Å²) in [6.07, 6.45) is 7.43. The number of rotatable bonds is 3. The van der Waals surface area contributed by atoms with Crippen LogP contribution in [0.15, 0.2) is 48.9 Å². The summed E-state index contributed by atoms with van der Waals surface area (Å²) in [7, 11) is 1.98. The topological polar surface area (TPSA) is 88.2 Å². The lowest BCUT2D eigenvalue weighted by Gasteiger charge is -2.36. The van der Waals surface area contributed by atoms with E-state index in [0.29, 0.717) is 18.7 Å². The number of pyridine rings is 1. The van der Waals surface area contributed by atoms with E-state index in [1.165, 1.54) is 0 Å². The predicted octanol–water partition coefficient (Wildman–Crippen LogP) is 3.02. The van der Waals surface area contributed by atoms with Crippen LogP contribution in [0.25, 0.3) is 27.8 Å². The molecule has 2 aliphatic rings. The Balaban J connectivity index is 1.44. The number of β-amino-alcohol motifs (C(OH)–C–C–N with tert-alkyl or cyclic N) is 1. The van der Waals surface area contributed by atoms with Gasteiger partial charge >= 0.3 is 0 Å². The van der Waals surface area contributed by atoms with E-state index in [1.54, 1.807) is 4.68 Å². The Morgan fingerprint density at radius 3 is 2.85 bits per heavy atom. The molecule has 3 aromatic heterocycles. The Morgan fingerprint density at radius 1 is 1.12 bits per heavy atom. The zero-order valence-corrected chi connectivity index (χ0v) is 18.7. The van der Waals surface area contributed by atoms with Gasteiger partial charge in [-0.25, -0.2) is 9.67 Å². The second-order valence-corrected chi connectivity index (χ2v) is 9.33. The van der Waals surface area contributed by atoms with Gasteiger partial charge in [0.25, 0.3) is 5.91 Å². The van der Waals surface area contributed by atoms with Crippen molar-refractivity contribution in [3.63, 3.8) is 0 Å². The molecule has 2 aliphatic heterocycles. The van der Waals surface area contributed by atoms with Gasteiger partial charge in [0.05, 0.1) is 16.9 Å². The first-order valence-electron chi connectivity index (χ1n) is 11.3. The fraction of sp³-hybridized carbons (Fsp3) is 0.320. The van der Waals surface area contributed by atoms with Crippen LogP contribution in [0.4, 0.5) is 5.82 Å². The van der Waals surface area contributed by atoms with E-state index in [1.807, 2.05) is 55.3 Å². The van der Waals surface area contributed by atoms with Gasteiger partial charge in [0, 0.05) is 56.7 Å². The number of nitrogens with one attached hydrogen (secondary N) is 1. The molecule has 2 N–H and O–H groups in total. The SMILES string of the molecule is Cn1ccc2c(-c3ccc(-n4ccc(N5CCC[C@@](C)(O)C5)n4)c4c3CNC4=O)ccnc21. The highest BCUT2D eigenvalue weighted by Crippen LogP contribution is 2.36. The number of carbonyl (C=O) groups excluding carboxylic acids is 1. The van der Waals surface area contributed by atoms with E-state index in [4.69, 9.17) is 5.10 Å². The second kappa shape index (κ2) is 7.18. The van der Waals surface area contributed by atoms with Crippen LogP contribution in [0.2, 0.25) is 0 Å². The minimum Gasteiger partial charge on any atom is -0.388 e. The summed E-state index contributed by atoms with van der Waals surface area (Å²) in [5.74, 6) is 0.726. The molecule has 168 valence electrons. The third-order valence-electron chi connectivity index (χ3n) is 6.82. The first-order valence-corrected chi connectivity index (χ1v) is 11.3. The number of benzene rings is 1. The molecule has 33 heavy (non-hydrogen) atoms. The second-order valence-electron chi connectivity index (χ2n) is 9.33. The van der Waals surface area contributed by atoms with E-state index in [2.05, 4.69) is 27.3 Å². The van der Waals surface area contributed by atoms with Crippen LogP contribution >= 0.6 is 0 Å². The highest BCUT2D eigenvalue weighted by Gasteiger charge is 2.31. The minimum absolute atomic E-state index is 0.0850. The summed E-state index contributed by atoms with van der Waals surface area (Å²) in [5.41, 5.74) is 4.70. The average molecular weight is 443 g/mol. The molecule has 1 fully saturated rings. The predicted molar refractivity (Wildman–Crippen MR) is 127 cm³/mol. The molecule has 5 heterocycles. The highest BCUT2D eigenvalue weighted by atomic mass is 16.3. The lowest BCUT2D eigenvalue weighted by Crippen LogP contribution is -2.46. The van der Waals surface area contributed by atoms with Crippen molar-refractivity contribution in [3.05, 3.63) is 60.0 Å². The molecule has 1 saturated heterocycles. The van der Waals surface area contributed by atoms with Crippen LogP contribution in [0.3, 0.4) is 0 Å². The van der Waals surface area contributed by atoms with Crippen molar-refractivity contribution in [3.8, 4) is 16.8 Å². The molecule has 0 bridgehead atoms. The van der Waals surface area contributed by atoms with Crippen molar-refractivity contribution in [1.82, 2.24) is 24.6 Å². The van der Waals surface area contributed by atoms with Crippen LogP contribution in [0.1, 0.15) is 35.7 Å². The van der Waals surface area contributed by atoms with Crippen molar-refractivity contribution >= 4 is 22.8 Å². The molecule has 6 rings (SSSR count). The zero-order valence-electron chi connectivity index (χ0n) is 18.7. The number of aliphatic hydroxyl groups is 1. The lowest BCUT2D eigenvalue weighted by molar-refractivity contribution is 0.0447. The number of fused-ring (bicyclic) bond motifs is 2. The summed E-state index contributed by atoms with van der Waals surface area (Å²) in [6.45, 7) is 3.77. The van der Waals surface area contributed by atoms with Crippen LogP contribution in [0, 0.1) is 0 Å². The van der Waals surface area contributed by atoms with Gasteiger partial charge in [-0.15, -0.1) is 0 Å². The van der Waals surface area contributed by atoms with Gasteiger partial charge in [0.2, 0.25) is 0 Å². The average Bonchev–Trinajstić information content (AvgIpc) is 3.52. The standard InChI is InChI=1S/C25H26N6O2/c1-25(33)9-3-11-30(15-25)21-8-13-31(28-21)20-5-4-16(19-14-27-24(32)22(19)20)17-6-10-26-23-18(17)7-12-29(23)2/h4-8,10,12-13,33H,3,9,11,14-15H2,1-2H3,(H,27,32)/t25-/m1/s1. The van der Waals surface area contributed by atoms with E-state index in [-0.39, 0.29) is 5.91 Å². The summed E-state index contributed by atoms with van der Waals surface area (Å²) < 4.78 is 3.77. The summed E-state index contributed by atoms with van der Waals surface area (Å²) in [4.78, 5) is 19.5. The number of amides is 1. The number of nitrogens with zero attached hydrogens (tertiary/aromatic N) is 5. The summed E-state index contributed by atoms with van der Waals surface area (Å²) in [5, 5.41) is 19.3. The molecule has 1 amide bonds. The van der Waals surface area contributed by atoms with Gasteiger partial charge in [-0.05, 0) is 54.7 Å². The Morgan fingerprint density at radius 2 is 2.00 bits per heavy atom. The molecular weight excluding hydrogens is 416 g/mol. The fourth-order valence-corrected chi connectivity index (χ4v) is 5.20. The number of aryl methyl sites for hydroxylation is 1. The number of anilines is 1. The van der Waals surface area contributed by atoms with Gasteiger partial charge < -0.3 is 19.9 Å². The number of hydrogen-bond acceptors (Lipinski definition) is 5. The van der Waals surface area contributed by atoms with Gasteiger partial charge in [-0.2, -0.15) is 5.10 Å². The van der Waals surface area contributed by atoms with E-state index >= 15 is 0 Å². The molecule has 0 unspecified atom stereocenters. The van der Waals surface area contributed by atoms with Gasteiger partial charge in [-0.3, -0.25) is 4.79 Å². The van der Waals surface area contributed by atoms with Crippen molar-refractivity contribution < 1.29 is 9.90 Å². The van der Waals surface area contributed by atoms with Crippen LogP contribution in [-0.2, 0) is 13.6 Å². The smallest absolute Gasteiger partial charge is 0.254 e. The largest absolute Gasteiger partial charge is 0.388 e. The molecule has 0 spiro atoms. The van der Waals surface area contributed by atoms with Crippen molar-refractivity contribution in [2.75, 3.05) is 18.0 Å². The maximum absolute atomic E-state index is 12.9. The molecule has 1 atom stereocenters. The molecule has 8 nitrogen and oxygen atoms in total. The van der Waals surface area contributed by atoms with Gasteiger partial charge in [0.15, 0.2) is 5.82 Å². The van der Waals surface area contributed by atoms with E-state index in [9.17, 15) is 9.90 Å². The Labute approximate surface area is 191 Å². The Hall–Kier alpha value is -3.65. The normalized spacial score (nSPS) is 20.3. The Kier molecular flexibility index (Phi) is 4.35. The number of carbonyl (C=O) groups is 1. The van der Waals surface area contributed by atoms with Crippen molar-refractivity contribution in [2.45, 2.75) is 31.9 Å². The van der Waals surface area contributed by atoms with E-state index < -0.39 is 5.60 Å². The molecule has 0 saturated carbocycles. The molecule has 8 heteroatoms. The molecule has 0 aliphatic carbocycles. The number of hydrogen-bond donors (Lipinski definition) is 2. The third kappa shape index (κ3) is 3.21. The maximum atomic E-state index is 12.9. The maximum Gasteiger partial charge on any atom is 0.254 e. The zero-order chi connectivity index (χ0) is 22.7. The van der Waals surface area contributed by atoms with Crippen LogP contribution in [0.5, 0.6) is 0 Å². The number of aromatic nitrogens is 4. The third-order valence-corrected chi connectivity index (χ3v) is 6.82. The van der Waals surface area contributed by atoms with Crippen LogP contribution in [-0.4, -0.2) is 49.0 Å². The lowest BCUT2D eigenvalue weighted by atomic mass is 9.94. The van der Waals surface area contributed by atoms with Gasteiger partial charge in [-0.1, -0.05) is 6.07 Å². The first-order chi connectivity index (χ1) is 15.9. The minimum atomic E-state index is -0.710. The Bertz CT molecular complexity index is 1400. The van der Waals surface area contributed by atoms with Crippen molar-refractivity contribution in [2.24, 2.45) is 7.05 Å². The first kappa shape index (κ1) is 20.0. The van der Waals surface area contributed by atoms with Gasteiger partial charge in [0.1, 0.15) is 5.65 Å². The van der Waals surface area contributed by atoms with E-state index in [0.717, 1.165) is 58.6 Å². The number of piperidine rings is 1. The molecule has 0 radical (unpaired) electrons.